The Morgan fingerprint density at radius 1 is 1.00 bits per heavy atom. The van der Waals surface area contributed by atoms with Gasteiger partial charge in [-0.25, -0.2) is 8.42 Å². The summed E-state index contributed by atoms with van der Waals surface area (Å²) in [6.07, 6.45) is 1.72. The Labute approximate surface area is 205 Å². The van der Waals surface area contributed by atoms with Gasteiger partial charge in [0.25, 0.3) is 5.91 Å². The second kappa shape index (κ2) is 10.6. The van der Waals surface area contributed by atoms with Crippen LogP contribution in [0, 0.1) is 6.92 Å². The molecule has 1 aliphatic heterocycles. The second-order valence-electron chi connectivity index (χ2n) is 8.23. The van der Waals surface area contributed by atoms with E-state index >= 15 is 0 Å². The maximum Gasteiger partial charge on any atom is 0.255 e. The molecule has 0 radical (unpaired) electrons. The van der Waals surface area contributed by atoms with Gasteiger partial charge >= 0.3 is 0 Å². The molecule has 1 saturated heterocycles. The molecule has 3 aromatic carbocycles. The number of hydrogen-bond acceptors (Lipinski definition) is 5. The first-order valence-electron chi connectivity index (χ1n) is 11.1. The van der Waals surface area contributed by atoms with Crippen LogP contribution in [0.4, 0.5) is 5.69 Å². The molecule has 0 unspecified atom stereocenters. The molecule has 8 heteroatoms. The second-order valence-corrected chi connectivity index (χ2v) is 11.2. The minimum Gasteiger partial charge on any atom is -0.495 e. The fourth-order valence-corrected chi connectivity index (χ4v) is 6.17. The highest BCUT2D eigenvalue weighted by atomic mass is 32.2. The summed E-state index contributed by atoms with van der Waals surface area (Å²) in [6, 6.07) is 20.4. The van der Waals surface area contributed by atoms with E-state index in [-0.39, 0.29) is 10.8 Å². The number of anilines is 1. The summed E-state index contributed by atoms with van der Waals surface area (Å²) in [4.78, 5) is 14.2. The maximum atomic E-state index is 12.9. The summed E-state index contributed by atoms with van der Waals surface area (Å²) in [5.74, 6) is 0.876. The first-order chi connectivity index (χ1) is 16.4. The standard InChI is InChI=1S/C26H28N2O4S2/c1-19-5-11-22(12-6-19)33-18-20-7-9-21(10-8-20)26(29)27-24-17-23(13-14-25(24)32-2)34(30,31)28-15-3-4-16-28/h5-14,17H,3-4,15-16,18H2,1-2H3,(H,27,29). The van der Waals surface area contributed by atoms with Crippen molar-refractivity contribution in [2.45, 2.75) is 35.3 Å². The van der Waals surface area contributed by atoms with E-state index in [1.807, 2.05) is 12.1 Å². The summed E-state index contributed by atoms with van der Waals surface area (Å²) >= 11 is 1.74. The van der Waals surface area contributed by atoms with Gasteiger partial charge in [0, 0.05) is 29.3 Å². The molecular formula is C26H28N2O4S2. The van der Waals surface area contributed by atoms with Crippen LogP contribution in [0.25, 0.3) is 0 Å². The van der Waals surface area contributed by atoms with Crippen molar-refractivity contribution in [1.29, 1.82) is 0 Å². The number of nitrogens with one attached hydrogen (secondary N) is 1. The molecule has 4 rings (SSSR count). The number of methoxy groups -OCH3 is 1. The van der Waals surface area contributed by atoms with Crippen LogP contribution in [0.2, 0.25) is 0 Å². The first kappa shape index (κ1) is 24.3. The van der Waals surface area contributed by atoms with Crippen LogP contribution in [0.5, 0.6) is 5.75 Å². The fourth-order valence-electron chi connectivity index (χ4n) is 3.77. The highest BCUT2D eigenvalue weighted by Crippen LogP contribution is 2.30. The molecule has 0 aliphatic carbocycles. The average molecular weight is 497 g/mol. The summed E-state index contributed by atoms with van der Waals surface area (Å²) in [7, 11) is -2.11. The van der Waals surface area contributed by atoms with Crippen LogP contribution < -0.4 is 10.1 Å². The molecule has 34 heavy (non-hydrogen) atoms. The number of benzene rings is 3. The minimum atomic E-state index is -3.60. The lowest BCUT2D eigenvalue weighted by molar-refractivity contribution is 0.102. The molecule has 1 N–H and O–H groups in total. The molecule has 1 aliphatic rings. The molecule has 6 nitrogen and oxygen atoms in total. The highest BCUT2D eigenvalue weighted by molar-refractivity contribution is 7.98. The number of sulfonamides is 1. The number of nitrogens with zero attached hydrogens (tertiary/aromatic N) is 1. The molecule has 1 fully saturated rings. The van der Waals surface area contributed by atoms with E-state index in [0.29, 0.717) is 30.1 Å². The van der Waals surface area contributed by atoms with Gasteiger partial charge in [0.05, 0.1) is 17.7 Å². The van der Waals surface area contributed by atoms with E-state index in [9.17, 15) is 13.2 Å². The molecule has 0 bridgehead atoms. The average Bonchev–Trinajstić information content (AvgIpc) is 3.40. The van der Waals surface area contributed by atoms with Crippen molar-refractivity contribution in [2.75, 3.05) is 25.5 Å². The van der Waals surface area contributed by atoms with Crippen LogP contribution in [-0.2, 0) is 15.8 Å². The van der Waals surface area contributed by atoms with E-state index in [4.69, 9.17) is 4.74 Å². The summed E-state index contributed by atoms with van der Waals surface area (Å²) in [5, 5.41) is 2.81. The van der Waals surface area contributed by atoms with E-state index in [1.54, 1.807) is 30.0 Å². The molecule has 178 valence electrons. The summed E-state index contributed by atoms with van der Waals surface area (Å²) in [5.41, 5.74) is 3.15. The summed E-state index contributed by atoms with van der Waals surface area (Å²) in [6.45, 7) is 3.10. The largest absolute Gasteiger partial charge is 0.495 e. The van der Waals surface area contributed by atoms with Crippen LogP contribution in [-0.4, -0.2) is 38.8 Å². The van der Waals surface area contributed by atoms with Gasteiger partial charge in [0.2, 0.25) is 10.0 Å². The zero-order chi connectivity index (χ0) is 24.1. The Balaban J connectivity index is 1.45. The number of amides is 1. The van der Waals surface area contributed by atoms with Gasteiger partial charge in [-0.1, -0.05) is 29.8 Å². The Kier molecular flexibility index (Phi) is 7.60. The number of carbonyl (C=O) groups is 1. The molecular weight excluding hydrogens is 468 g/mol. The van der Waals surface area contributed by atoms with Crippen molar-refractivity contribution in [3.63, 3.8) is 0 Å². The topological polar surface area (TPSA) is 75.7 Å². The number of hydrogen-bond donors (Lipinski definition) is 1. The van der Waals surface area contributed by atoms with Gasteiger partial charge < -0.3 is 10.1 Å². The van der Waals surface area contributed by atoms with E-state index in [1.165, 1.54) is 34.0 Å². The number of ether oxygens (including phenoxy) is 1. The lowest BCUT2D eigenvalue weighted by Crippen LogP contribution is -2.28. The van der Waals surface area contributed by atoms with Gasteiger partial charge in [-0.2, -0.15) is 4.31 Å². The van der Waals surface area contributed by atoms with Crippen molar-refractivity contribution in [1.82, 2.24) is 4.31 Å². The van der Waals surface area contributed by atoms with Crippen LogP contribution >= 0.6 is 11.8 Å². The van der Waals surface area contributed by atoms with Gasteiger partial charge in [0.15, 0.2) is 0 Å². The van der Waals surface area contributed by atoms with E-state index in [0.717, 1.165) is 24.2 Å². The third-order valence-electron chi connectivity index (χ3n) is 5.76. The zero-order valence-electron chi connectivity index (χ0n) is 19.3. The van der Waals surface area contributed by atoms with E-state index < -0.39 is 10.0 Å². The predicted molar refractivity (Wildman–Crippen MR) is 136 cm³/mol. The third-order valence-corrected chi connectivity index (χ3v) is 8.74. The minimum absolute atomic E-state index is 0.147. The van der Waals surface area contributed by atoms with Gasteiger partial charge in [-0.3, -0.25) is 4.79 Å². The third kappa shape index (κ3) is 5.63. The quantitative estimate of drug-likeness (QED) is 0.427. The van der Waals surface area contributed by atoms with Crippen LogP contribution in [0.3, 0.4) is 0 Å². The van der Waals surface area contributed by atoms with E-state index in [2.05, 4.69) is 36.5 Å². The number of carbonyl (C=O) groups excluding carboxylic acids is 1. The van der Waals surface area contributed by atoms with Crippen molar-refractivity contribution in [2.24, 2.45) is 0 Å². The molecule has 0 saturated carbocycles. The Hall–Kier alpha value is -2.81. The summed E-state index contributed by atoms with van der Waals surface area (Å²) < 4.78 is 32.7. The highest BCUT2D eigenvalue weighted by Gasteiger charge is 2.28. The zero-order valence-corrected chi connectivity index (χ0v) is 20.9. The van der Waals surface area contributed by atoms with Crippen molar-refractivity contribution in [3.8, 4) is 5.75 Å². The fraction of sp³-hybridized carbons (Fsp3) is 0.269. The van der Waals surface area contributed by atoms with Gasteiger partial charge in [0.1, 0.15) is 5.75 Å². The molecule has 0 aromatic heterocycles. The lowest BCUT2D eigenvalue weighted by Gasteiger charge is -2.17. The normalized spacial score (nSPS) is 14.2. The maximum absolute atomic E-state index is 12.9. The van der Waals surface area contributed by atoms with Gasteiger partial charge in [-0.15, -0.1) is 11.8 Å². The molecule has 0 atom stereocenters. The first-order valence-corrected chi connectivity index (χ1v) is 13.6. The lowest BCUT2D eigenvalue weighted by atomic mass is 10.1. The molecule has 1 amide bonds. The van der Waals surface area contributed by atoms with Crippen LogP contribution in [0.15, 0.2) is 76.5 Å². The Morgan fingerprint density at radius 2 is 1.68 bits per heavy atom. The number of rotatable bonds is 8. The SMILES string of the molecule is COc1ccc(S(=O)(=O)N2CCCC2)cc1NC(=O)c1ccc(CSc2ccc(C)cc2)cc1. The molecule has 1 heterocycles. The van der Waals surface area contributed by atoms with Crippen molar-refractivity contribution >= 4 is 33.4 Å². The smallest absolute Gasteiger partial charge is 0.255 e. The van der Waals surface area contributed by atoms with Crippen molar-refractivity contribution < 1.29 is 17.9 Å². The van der Waals surface area contributed by atoms with Crippen molar-refractivity contribution in [3.05, 3.63) is 83.4 Å². The number of thioether (sulfide) groups is 1. The predicted octanol–water partition coefficient (Wildman–Crippen LogP) is 5.33. The van der Waals surface area contributed by atoms with Gasteiger partial charge in [-0.05, 0) is 67.8 Å². The molecule has 0 spiro atoms. The number of aryl methyl sites for hydroxylation is 1. The van der Waals surface area contributed by atoms with Crippen LogP contribution in [0.1, 0.15) is 34.3 Å². The molecule has 3 aromatic rings. The monoisotopic (exact) mass is 496 g/mol. The Bertz CT molecular complexity index is 1250. The Morgan fingerprint density at radius 3 is 2.32 bits per heavy atom.